The highest BCUT2D eigenvalue weighted by molar-refractivity contribution is 7.80. The van der Waals surface area contributed by atoms with Crippen molar-refractivity contribution < 1.29 is 4.79 Å². The summed E-state index contributed by atoms with van der Waals surface area (Å²) in [6, 6.07) is 14.1. The number of aromatic nitrogens is 2. The molecule has 0 unspecified atom stereocenters. The number of rotatable bonds is 3. The van der Waals surface area contributed by atoms with E-state index in [4.69, 9.17) is 0 Å². The molecule has 1 aromatic heterocycles. The van der Waals surface area contributed by atoms with Crippen molar-refractivity contribution in [3.05, 3.63) is 65.2 Å². The molecule has 0 spiro atoms. The monoisotopic (exact) mass is 311 g/mol. The number of fused-ring (bicyclic) bond motifs is 1. The summed E-state index contributed by atoms with van der Waals surface area (Å²) >= 11 is 4.18. The molecule has 0 atom stereocenters. The van der Waals surface area contributed by atoms with Crippen LogP contribution in [0.5, 0.6) is 0 Å². The normalized spacial score (nSPS) is 10.6. The molecule has 0 radical (unpaired) electrons. The molecule has 0 aliphatic carbocycles. The summed E-state index contributed by atoms with van der Waals surface area (Å²) < 4.78 is 1.30. The number of amides is 1. The van der Waals surface area contributed by atoms with Gasteiger partial charge in [0.2, 0.25) is 5.91 Å². The van der Waals surface area contributed by atoms with Gasteiger partial charge in [-0.05, 0) is 36.4 Å². The van der Waals surface area contributed by atoms with Gasteiger partial charge in [0.1, 0.15) is 6.54 Å². The smallest absolute Gasteiger partial charge is 0.261 e. The SMILES string of the molecule is O=C(Cn1cnc2ccccc2c1=O)Nc1ccc(S)cc1. The van der Waals surface area contributed by atoms with Crippen LogP contribution in [0.4, 0.5) is 5.69 Å². The van der Waals surface area contributed by atoms with E-state index in [1.165, 1.54) is 10.9 Å². The molecule has 110 valence electrons. The molecule has 1 N–H and O–H groups in total. The first-order chi connectivity index (χ1) is 10.6. The van der Waals surface area contributed by atoms with E-state index in [1.54, 1.807) is 42.5 Å². The van der Waals surface area contributed by atoms with Gasteiger partial charge < -0.3 is 5.32 Å². The van der Waals surface area contributed by atoms with E-state index in [0.717, 1.165) is 4.90 Å². The molecule has 0 fully saturated rings. The zero-order chi connectivity index (χ0) is 15.5. The molecule has 0 saturated carbocycles. The number of nitrogens with one attached hydrogen (secondary N) is 1. The fourth-order valence-electron chi connectivity index (χ4n) is 2.12. The van der Waals surface area contributed by atoms with Gasteiger partial charge in [-0.15, -0.1) is 12.6 Å². The first-order valence-corrected chi connectivity index (χ1v) is 7.11. The minimum Gasteiger partial charge on any atom is -0.325 e. The van der Waals surface area contributed by atoms with Crippen LogP contribution in [0.2, 0.25) is 0 Å². The lowest BCUT2D eigenvalue weighted by Crippen LogP contribution is -2.27. The number of thiol groups is 1. The molecule has 22 heavy (non-hydrogen) atoms. The minimum atomic E-state index is -0.286. The predicted molar refractivity (Wildman–Crippen MR) is 88.3 cm³/mol. The van der Waals surface area contributed by atoms with Gasteiger partial charge >= 0.3 is 0 Å². The zero-order valence-corrected chi connectivity index (χ0v) is 12.5. The van der Waals surface area contributed by atoms with Gasteiger partial charge in [-0.3, -0.25) is 14.2 Å². The molecule has 3 aromatic rings. The predicted octanol–water partition coefficient (Wildman–Crippen LogP) is 2.32. The zero-order valence-electron chi connectivity index (χ0n) is 11.6. The molecule has 0 aliphatic heterocycles. The van der Waals surface area contributed by atoms with Crippen molar-refractivity contribution in [2.75, 3.05) is 5.32 Å². The maximum absolute atomic E-state index is 12.3. The second-order valence-corrected chi connectivity index (χ2v) is 5.31. The Kier molecular flexibility index (Phi) is 3.93. The first kappa shape index (κ1) is 14.3. The van der Waals surface area contributed by atoms with Gasteiger partial charge in [-0.2, -0.15) is 0 Å². The maximum Gasteiger partial charge on any atom is 0.261 e. The molecule has 0 bridgehead atoms. The lowest BCUT2D eigenvalue weighted by atomic mass is 10.2. The van der Waals surface area contributed by atoms with Crippen LogP contribution in [-0.4, -0.2) is 15.5 Å². The van der Waals surface area contributed by atoms with E-state index in [1.807, 2.05) is 6.07 Å². The van der Waals surface area contributed by atoms with Crippen molar-refractivity contribution in [1.29, 1.82) is 0 Å². The van der Waals surface area contributed by atoms with Gasteiger partial charge in [0.25, 0.3) is 5.56 Å². The Morgan fingerprint density at radius 3 is 2.64 bits per heavy atom. The molecule has 3 rings (SSSR count). The lowest BCUT2D eigenvalue weighted by Gasteiger charge is -2.08. The maximum atomic E-state index is 12.3. The topological polar surface area (TPSA) is 64.0 Å². The largest absolute Gasteiger partial charge is 0.325 e. The molecule has 2 aromatic carbocycles. The second kappa shape index (κ2) is 6.03. The number of nitrogens with zero attached hydrogens (tertiary/aromatic N) is 2. The second-order valence-electron chi connectivity index (χ2n) is 4.79. The van der Waals surface area contributed by atoms with Crippen molar-refractivity contribution >= 4 is 35.1 Å². The highest BCUT2D eigenvalue weighted by Gasteiger charge is 2.08. The summed E-state index contributed by atoms with van der Waals surface area (Å²) in [6.07, 6.45) is 1.39. The molecule has 1 amide bonds. The van der Waals surface area contributed by atoms with Crippen LogP contribution in [-0.2, 0) is 11.3 Å². The third kappa shape index (κ3) is 3.01. The van der Waals surface area contributed by atoms with Crippen LogP contribution in [0.15, 0.2) is 64.5 Å². The average molecular weight is 311 g/mol. The number of carbonyl (C=O) groups is 1. The van der Waals surface area contributed by atoms with Crippen LogP contribution in [0.1, 0.15) is 0 Å². The number of benzene rings is 2. The summed E-state index contributed by atoms with van der Waals surface area (Å²) in [5.74, 6) is -0.286. The Morgan fingerprint density at radius 1 is 1.14 bits per heavy atom. The number of hydrogen-bond acceptors (Lipinski definition) is 4. The molecule has 0 saturated heterocycles. The molecular weight excluding hydrogens is 298 g/mol. The van der Waals surface area contributed by atoms with Gasteiger partial charge in [-0.1, -0.05) is 12.1 Å². The molecule has 0 aliphatic rings. The van der Waals surface area contributed by atoms with E-state index in [0.29, 0.717) is 16.6 Å². The first-order valence-electron chi connectivity index (χ1n) is 6.66. The summed E-state index contributed by atoms with van der Waals surface area (Å²) in [5.41, 5.74) is 1.05. The number of hydrogen-bond donors (Lipinski definition) is 2. The van der Waals surface area contributed by atoms with Crippen molar-refractivity contribution in [2.45, 2.75) is 11.4 Å². The number of anilines is 1. The van der Waals surface area contributed by atoms with Crippen LogP contribution in [0, 0.1) is 0 Å². The fraction of sp³-hybridized carbons (Fsp3) is 0.0625. The quantitative estimate of drug-likeness (QED) is 0.730. The Bertz CT molecular complexity index is 888. The van der Waals surface area contributed by atoms with Crippen LogP contribution in [0.25, 0.3) is 10.9 Å². The van der Waals surface area contributed by atoms with E-state index >= 15 is 0 Å². The van der Waals surface area contributed by atoms with Crippen molar-refractivity contribution in [3.63, 3.8) is 0 Å². The van der Waals surface area contributed by atoms with E-state index in [-0.39, 0.29) is 18.0 Å². The number of carbonyl (C=O) groups excluding carboxylic acids is 1. The Labute approximate surface area is 132 Å². The number of para-hydroxylation sites is 1. The van der Waals surface area contributed by atoms with Crippen molar-refractivity contribution in [2.24, 2.45) is 0 Å². The van der Waals surface area contributed by atoms with Crippen molar-refractivity contribution in [1.82, 2.24) is 9.55 Å². The summed E-state index contributed by atoms with van der Waals surface area (Å²) in [7, 11) is 0. The van der Waals surface area contributed by atoms with Crippen LogP contribution in [0.3, 0.4) is 0 Å². The third-order valence-electron chi connectivity index (χ3n) is 3.20. The van der Waals surface area contributed by atoms with E-state index in [9.17, 15) is 9.59 Å². The highest BCUT2D eigenvalue weighted by Crippen LogP contribution is 2.12. The summed E-state index contributed by atoms with van der Waals surface area (Å²) in [4.78, 5) is 29.3. The van der Waals surface area contributed by atoms with Gasteiger partial charge in [0, 0.05) is 10.6 Å². The van der Waals surface area contributed by atoms with Crippen molar-refractivity contribution in [3.8, 4) is 0 Å². The summed E-state index contributed by atoms with van der Waals surface area (Å²) in [6.45, 7) is -0.0840. The Morgan fingerprint density at radius 2 is 1.86 bits per heavy atom. The molecule has 5 nitrogen and oxygen atoms in total. The Balaban J connectivity index is 1.81. The third-order valence-corrected chi connectivity index (χ3v) is 3.49. The van der Waals surface area contributed by atoms with Gasteiger partial charge in [-0.25, -0.2) is 4.98 Å². The fourth-order valence-corrected chi connectivity index (χ4v) is 2.27. The summed E-state index contributed by atoms with van der Waals surface area (Å²) in [5, 5.41) is 3.23. The minimum absolute atomic E-state index is 0.0840. The molecule has 6 heteroatoms. The van der Waals surface area contributed by atoms with E-state index in [2.05, 4.69) is 22.9 Å². The lowest BCUT2D eigenvalue weighted by molar-refractivity contribution is -0.116. The molecule has 1 heterocycles. The average Bonchev–Trinajstić information content (AvgIpc) is 2.53. The van der Waals surface area contributed by atoms with Gasteiger partial charge in [0.05, 0.1) is 17.2 Å². The standard InChI is InChI=1S/C16H13N3O2S/c20-15(18-11-5-7-12(22)8-6-11)9-19-10-17-14-4-2-1-3-13(14)16(19)21/h1-8,10,22H,9H2,(H,18,20). The van der Waals surface area contributed by atoms with Crippen LogP contribution >= 0.6 is 12.6 Å². The van der Waals surface area contributed by atoms with E-state index < -0.39 is 0 Å². The van der Waals surface area contributed by atoms with Crippen LogP contribution < -0.4 is 10.9 Å². The van der Waals surface area contributed by atoms with Gasteiger partial charge in [0.15, 0.2) is 0 Å². The Hall–Kier alpha value is -2.60. The highest BCUT2D eigenvalue weighted by atomic mass is 32.1. The molecular formula is C16H13N3O2S.